The summed E-state index contributed by atoms with van der Waals surface area (Å²) < 4.78 is 20.9. The molecule has 2 heterocycles. The van der Waals surface area contributed by atoms with Gasteiger partial charge in [0.2, 0.25) is 0 Å². The van der Waals surface area contributed by atoms with Gasteiger partial charge in [0.05, 0.1) is 39.9 Å². The van der Waals surface area contributed by atoms with Crippen molar-refractivity contribution in [3.63, 3.8) is 0 Å². The second-order valence-electron chi connectivity index (χ2n) is 7.77. The maximum atomic E-state index is 13.0. The number of hydrogen-bond donors (Lipinski definition) is 1. The number of β-lactam (4-membered cyclic amide) rings is 1. The molecule has 2 fully saturated rings. The molecule has 9 heteroatoms. The lowest BCUT2D eigenvalue weighted by molar-refractivity contribution is -0.150. The molecule has 1 aromatic carbocycles. The van der Waals surface area contributed by atoms with E-state index in [4.69, 9.17) is 18.9 Å². The Labute approximate surface area is 181 Å². The number of rotatable bonds is 8. The van der Waals surface area contributed by atoms with Gasteiger partial charge in [-0.15, -0.1) is 6.58 Å². The van der Waals surface area contributed by atoms with E-state index in [0.29, 0.717) is 11.4 Å². The van der Waals surface area contributed by atoms with Gasteiger partial charge in [-0.05, 0) is 37.6 Å². The Bertz CT molecular complexity index is 856. The van der Waals surface area contributed by atoms with Crippen LogP contribution >= 0.6 is 0 Å². The van der Waals surface area contributed by atoms with E-state index in [0.717, 1.165) is 0 Å². The molecular weight excluding hydrogens is 404 g/mol. The van der Waals surface area contributed by atoms with Gasteiger partial charge in [0.25, 0.3) is 5.91 Å². The van der Waals surface area contributed by atoms with Crippen LogP contribution in [0.1, 0.15) is 13.3 Å². The van der Waals surface area contributed by atoms with Gasteiger partial charge in [-0.25, -0.2) is 0 Å². The van der Waals surface area contributed by atoms with Gasteiger partial charge >= 0.3 is 11.9 Å². The third-order valence-electron chi connectivity index (χ3n) is 5.89. The minimum atomic E-state index is -1.11. The van der Waals surface area contributed by atoms with Gasteiger partial charge in [0, 0.05) is 11.7 Å². The topological polar surface area (TPSA) is 103 Å². The zero-order chi connectivity index (χ0) is 22.8. The molecule has 0 unspecified atom stereocenters. The van der Waals surface area contributed by atoms with E-state index in [-0.39, 0.29) is 18.9 Å². The molecule has 0 radical (unpaired) electrons. The molecule has 2 saturated heterocycles. The molecule has 2 aliphatic heterocycles. The molecule has 0 aliphatic carbocycles. The molecule has 3 rings (SSSR count). The molecule has 0 bridgehead atoms. The quantitative estimate of drug-likeness (QED) is 0.370. The largest absolute Gasteiger partial charge is 0.497 e. The molecule has 0 spiro atoms. The molecular formula is C22H28N2O7. The standard InChI is InChI=1S/C22H28N2O7/c1-6-11-31-18-17(24(19(18)25)13-7-9-14(28-3)10-8-13)16-15(20(26)29-4)12-22(2,23-16)21(27)30-5/h6-10,15-18,23H,1,11-12H2,2-5H3/t15-,16+,17+,18-,22-/m1/s1. The number of amides is 1. The second kappa shape index (κ2) is 9.07. The highest BCUT2D eigenvalue weighted by molar-refractivity contribution is 6.05. The fourth-order valence-electron chi connectivity index (χ4n) is 4.38. The van der Waals surface area contributed by atoms with Crippen molar-refractivity contribution in [2.45, 2.75) is 37.1 Å². The molecule has 1 amide bonds. The van der Waals surface area contributed by atoms with Crippen LogP contribution < -0.4 is 15.0 Å². The number of nitrogens with one attached hydrogen (secondary N) is 1. The van der Waals surface area contributed by atoms with E-state index in [2.05, 4.69) is 11.9 Å². The van der Waals surface area contributed by atoms with Gasteiger partial charge in [-0.3, -0.25) is 19.7 Å². The predicted molar refractivity (Wildman–Crippen MR) is 112 cm³/mol. The van der Waals surface area contributed by atoms with Crippen LogP contribution in [0.3, 0.4) is 0 Å². The van der Waals surface area contributed by atoms with Crippen molar-refractivity contribution in [1.29, 1.82) is 0 Å². The average molecular weight is 432 g/mol. The normalized spacial score (nSPS) is 29.8. The van der Waals surface area contributed by atoms with Gasteiger partial charge in [0.1, 0.15) is 11.3 Å². The zero-order valence-electron chi connectivity index (χ0n) is 18.1. The molecule has 1 aromatic rings. The lowest BCUT2D eigenvalue weighted by Gasteiger charge is -2.50. The Kier molecular flexibility index (Phi) is 6.66. The molecule has 1 N–H and O–H groups in total. The highest BCUT2D eigenvalue weighted by Crippen LogP contribution is 2.41. The summed E-state index contributed by atoms with van der Waals surface area (Å²) >= 11 is 0. The lowest BCUT2D eigenvalue weighted by atomic mass is 9.82. The lowest BCUT2D eigenvalue weighted by Crippen LogP contribution is -2.73. The van der Waals surface area contributed by atoms with E-state index in [9.17, 15) is 14.4 Å². The fourth-order valence-corrected chi connectivity index (χ4v) is 4.38. The first-order valence-electron chi connectivity index (χ1n) is 9.94. The van der Waals surface area contributed by atoms with Crippen LogP contribution in [0.2, 0.25) is 0 Å². The number of anilines is 1. The van der Waals surface area contributed by atoms with Gasteiger partial charge in [-0.2, -0.15) is 0 Å². The zero-order valence-corrected chi connectivity index (χ0v) is 18.1. The van der Waals surface area contributed by atoms with Crippen LogP contribution in [-0.4, -0.2) is 69.5 Å². The molecule has 9 nitrogen and oxygen atoms in total. The Balaban J connectivity index is 1.98. The van der Waals surface area contributed by atoms with E-state index in [1.54, 1.807) is 49.3 Å². The van der Waals surface area contributed by atoms with Crippen molar-refractivity contribution in [1.82, 2.24) is 5.32 Å². The minimum absolute atomic E-state index is 0.173. The van der Waals surface area contributed by atoms with Crippen molar-refractivity contribution >= 4 is 23.5 Å². The van der Waals surface area contributed by atoms with Crippen molar-refractivity contribution in [2.24, 2.45) is 5.92 Å². The maximum Gasteiger partial charge on any atom is 0.325 e. The van der Waals surface area contributed by atoms with Crippen LogP contribution in [-0.2, 0) is 28.6 Å². The van der Waals surface area contributed by atoms with Crippen molar-refractivity contribution in [3.8, 4) is 5.75 Å². The van der Waals surface area contributed by atoms with Crippen LogP contribution in [0.4, 0.5) is 5.69 Å². The molecule has 0 aromatic heterocycles. The Hall–Kier alpha value is -2.91. The van der Waals surface area contributed by atoms with Crippen molar-refractivity contribution in [3.05, 3.63) is 36.9 Å². The molecule has 2 aliphatic rings. The molecule has 5 atom stereocenters. The Morgan fingerprint density at radius 1 is 1.23 bits per heavy atom. The van der Waals surface area contributed by atoms with Crippen LogP contribution in [0.5, 0.6) is 5.75 Å². The summed E-state index contributed by atoms with van der Waals surface area (Å²) in [6, 6.07) is 5.87. The number of esters is 2. The number of ether oxygens (including phenoxy) is 4. The number of benzene rings is 1. The maximum absolute atomic E-state index is 13.0. The monoisotopic (exact) mass is 432 g/mol. The van der Waals surface area contributed by atoms with Crippen molar-refractivity contribution < 1.29 is 33.3 Å². The summed E-state index contributed by atoms with van der Waals surface area (Å²) in [6.45, 7) is 5.48. The number of methoxy groups -OCH3 is 3. The SMILES string of the molecule is C=CCO[C@H]1C(=O)N(c2ccc(OC)cc2)[C@H]1[C@H]1N[C@@](C)(C(=O)OC)C[C@H]1C(=O)OC. The van der Waals surface area contributed by atoms with E-state index in [1.165, 1.54) is 14.2 Å². The van der Waals surface area contributed by atoms with Crippen molar-refractivity contribution in [2.75, 3.05) is 32.8 Å². The van der Waals surface area contributed by atoms with Crippen LogP contribution in [0.15, 0.2) is 36.9 Å². The molecule has 168 valence electrons. The second-order valence-corrected chi connectivity index (χ2v) is 7.77. The van der Waals surface area contributed by atoms with Crippen LogP contribution in [0.25, 0.3) is 0 Å². The number of carbonyl (C=O) groups excluding carboxylic acids is 3. The van der Waals surface area contributed by atoms with E-state index < -0.39 is 41.6 Å². The van der Waals surface area contributed by atoms with Gasteiger partial charge < -0.3 is 23.8 Å². The molecule has 31 heavy (non-hydrogen) atoms. The first-order chi connectivity index (χ1) is 14.8. The smallest absolute Gasteiger partial charge is 0.325 e. The fraction of sp³-hybridized carbons (Fsp3) is 0.500. The predicted octanol–water partition coefficient (Wildman–Crippen LogP) is 1.06. The highest BCUT2D eigenvalue weighted by atomic mass is 16.5. The summed E-state index contributed by atoms with van der Waals surface area (Å²) in [5, 5.41) is 3.23. The van der Waals surface area contributed by atoms with Gasteiger partial charge in [0.15, 0.2) is 6.10 Å². The Morgan fingerprint density at radius 3 is 2.45 bits per heavy atom. The summed E-state index contributed by atoms with van der Waals surface area (Å²) in [5.74, 6) is -1.23. The van der Waals surface area contributed by atoms with Gasteiger partial charge in [-0.1, -0.05) is 6.08 Å². The summed E-state index contributed by atoms with van der Waals surface area (Å²) in [6.07, 6.45) is 0.926. The number of hydrogen-bond acceptors (Lipinski definition) is 8. The van der Waals surface area contributed by atoms with E-state index in [1.807, 2.05) is 0 Å². The van der Waals surface area contributed by atoms with Crippen LogP contribution in [0, 0.1) is 5.92 Å². The van der Waals surface area contributed by atoms with E-state index >= 15 is 0 Å². The third-order valence-corrected chi connectivity index (χ3v) is 5.89. The number of carbonyl (C=O) groups is 3. The highest BCUT2D eigenvalue weighted by Gasteiger charge is 2.61. The average Bonchev–Trinajstić information content (AvgIpc) is 3.14. The summed E-state index contributed by atoms with van der Waals surface area (Å²) in [4.78, 5) is 39.6. The minimum Gasteiger partial charge on any atom is -0.497 e. The summed E-state index contributed by atoms with van der Waals surface area (Å²) in [5.41, 5.74) is -0.475. The third kappa shape index (κ3) is 4.03. The Morgan fingerprint density at radius 2 is 1.90 bits per heavy atom. The number of nitrogens with zero attached hydrogens (tertiary/aromatic N) is 1. The first-order valence-corrected chi connectivity index (χ1v) is 9.94. The molecule has 0 saturated carbocycles. The first kappa shape index (κ1) is 22.8. The summed E-state index contributed by atoms with van der Waals surface area (Å²) in [7, 11) is 4.15.